The zero-order valence-electron chi connectivity index (χ0n) is 11.5. The van der Waals surface area contributed by atoms with Gasteiger partial charge < -0.3 is 9.88 Å². The van der Waals surface area contributed by atoms with Gasteiger partial charge in [0.25, 0.3) is 0 Å². The molecule has 1 heterocycles. The van der Waals surface area contributed by atoms with E-state index in [9.17, 15) is 4.79 Å². The highest BCUT2D eigenvalue weighted by atomic mass is 35.5. The van der Waals surface area contributed by atoms with E-state index < -0.39 is 0 Å². The number of anilines is 1. The maximum absolute atomic E-state index is 12.0. The molecule has 1 amide bonds. The summed E-state index contributed by atoms with van der Waals surface area (Å²) in [5.74, 6) is -0.0624. The van der Waals surface area contributed by atoms with Crippen molar-refractivity contribution < 1.29 is 4.79 Å². The maximum Gasteiger partial charge on any atom is 0.228 e. The van der Waals surface area contributed by atoms with Gasteiger partial charge in [0.1, 0.15) is 0 Å². The van der Waals surface area contributed by atoms with Crippen LogP contribution in [0.2, 0.25) is 5.02 Å². The Balaban J connectivity index is 1.72. The number of carbonyl (C=O) groups excluding carboxylic acids is 1. The van der Waals surface area contributed by atoms with Crippen LogP contribution in [0.25, 0.3) is 11.0 Å². The number of rotatable bonds is 3. The van der Waals surface area contributed by atoms with Crippen LogP contribution in [0.3, 0.4) is 0 Å². The standard InChI is InChI=1S/C16H14ClN3O/c1-20-10-18-14-9-13(6-7-15(14)20)19-16(21)8-11-2-4-12(17)5-3-11/h2-7,9-10H,8H2,1H3,(H,19,21). The van der Waals surface area contributed by atoms with Gasteiger partial charge in [-0.1, -0.05) is 23.7 Å². The number of nitrogens with zero attached hydrogens (tertiary/aromatic N) is 2. The average molecular weight is 300 g/mol. The van der Waals surface area contributed by atoms with Crippen LogP contribution in [0.15, 0.2) is 48.8 Å². The van der Waals surface area contributed by atoms with Crippen LogP contribution >= 0.6 is 11.6 Å². The molecule has 0 spiro atoms. The van der Waals surface area contributed by atoms with E-state index >= 15 is 0 Å². The number of aryl methyl sites for hydroxylation is 1. The molecule has 1 N–H and O–H groups in total. The van der Waals surface area contributed by atoms with E-state index in [0.29, 0.717) is 11.4 Å². The van der Waals surface area contributed by atoms with Crippen molar-refractivity contribution in [1.29, 1.82) is 0 Å². The van der Waals surface area contributed by atoms with Crippen molar-refractivity contribution in [3.63, 3.8) is 0 Å². The Morgan fingerprint density at radius 2 is 2.00 bits per heavy atom. The topological polar surface area (TPSA) is 46.9 Å². The van der Waals surface area contributed by atoms with E-state index in [-0.39, 0.29) is 5.91 Å². The summed E-state index contributed by atoms with van der Waals surface area (Å²) in [5.41, 5.74) is 3.57. The third-order valence-electron chi connectivity index (χ3n) is 3.29. The van der Waals surface area contributed by atoms with Crippen molar-refractivity contribution >= 4 is 34.2 Å². The molecule has 1 aromatic heterocycles. The van der Waals surface area contributed by atoms with Gasteiger partial charge >= 0.3 is 0 Å². The van der Waals surface area contributed by atoms with Gasteiger partial charge in [-0.25, -0.2) is 4.98 Å². The minimum absolute atomic E-state index is 0.0624. The van der Waals surface area contributed by atoms with Crippen molar-refractivity contribution in [2.24, 2.45) is 7.05 Å². The van der Waals surface area contributed by atoms with Crippen LogP contribution in [0.1, 0.15) is 5.56 Å². The molecule has 3 aromatic rings. The first-order chi connectivity index (χ1) is 10.1. The first-order valence-corrected chi connectivity index (χ1v) is 6.95. The van der Waals surface area contributed by atoms with Crippen LogP contribution in [0, 0.1) is 0 Å². The van der Waals surface area contributed by atoms with Gasteiger partial charge in [0.15, 0.2) is 0 Å². The van der Waals surface area contributed by atoms with E-state index in [4.69, 9.17) is 11.6 Å². The molecule has 0 radical (unpaired) electrons. The minimum Gasteiger partial charge on any atom is -0.334 e. The Hall–Kier alpha value is -2.33. The lowest BCUT2D eigenvalue weighted by atomic mass is 10.1. The number of hydrogen-bond acceptors (Lipinski definition) is 2. The first-order valence-electron chi connectivity index (χ1n) is 6.57. The molecule has 0 aliphatic carbocycles. The van der Waals surface area contributed by atoms with Gasteiger partial charge in [0.05, 0.1) is 23.8 Å². The Labute approximate surface area is 127 Å². The molecule has 0 bridgehead atoms. The molecule has 2 aromatic carbocycles. The molecular weight excluding hydrogens is 286 g/mol. The molecule has 0 aliphatic rings. The number of imidazole rings is 1. The van der Waals surface area contributed by atoms with Crippen LogP contribution in [0.4, 0.5) is 5.69 Å². The molecule has 0 saturated carbocycles. The zero-order chi connectivity index (χ0) is 14.8. The SMILES string of the molecule is Cn1cnc2cc(NC(=O)Cc3ccc(Cl)cc3)ccc21. The summed E-state index contributed by atoms with van der Waals surface area (Å²) in [7, 11) is 1.94. The Morgan fingerprint density at radius 3 is 2.76 bits per heavy atom. The van der Waals surface area contributed by atoms with Crippen LogP contribution < -0.4 is 5.32 Å². The van der Waals surface area contributed by atoms with E-state index in [1.807, 2.05) is 41.9 Å². The van der Waals surface area contributed by atoms with E-state index in [2.05, 4.69) is 10.3 Å². The number of nitrogens with one attached hydrogen (secondary N) is 1. The Morgan fingerprint density at radius 1 is 1.24 bits per heavy atom. The second-order valence-corrected chi connectivity index (χ2v) is 5.35. The van der Waals surface area contributed by atoms with Crippen molar-refractivity contribution in [2.75, 3.05) is 5.32 Å². The first kappa shape index (κ1) is 13.6. The largest absolute Gasteiger partial charge is 0.334 e. The highest BCUT2D eigenvalue weighted by Gasteiger charge is 2.06. The van der Waals surface area contributed by atoms with Gasteiger partial charge in [0, 0.05) is 17.8 Å². The van der Waals surface area contributed by atoms with Gasteiger partial charge in [-0.05, 0) is 35.9 Å². The zero-order valence-corrected chi connectivity index (χ0v) is 12.3. The van der Waals surface area contributed by atoms with Crippen LogP contribution in [0.5, 0.6) is 0 Å². The smallest absolute Gasteiger partial charge is 0.228 e. The molecule has 106 valence electrons. The summed E-state index contributed by atoms with van der Waals surface area (Å²) in [4.78, 5) is 16.3. The third-order valence-corrected chi connectivity index (χ3v) is 3.54. The number of fused-ring (bicyclic) bond motifs is 1. The van der Waals surface area contributed by atoms with Crippen molar-refractivity contribution in [3.8, 4) is 0 Å². The van der Waals surface area contributed by atoms with Gasteiger partial charge in [-0.3, -0.25) is 4.79 Å². The van der Waals surface area contributed by atoms with E-state index in [0.717, 1.165) is 22.3 Å². The summed E-state index contributed by atoms with van der Waals surface area (Å²) in [6.07, 6.45) is 2.07. The number of carbonyl (C=O) groups is 1. The highest BCUT2D eigenvalue weighted by molar-refractivity contribution is 6.30. The number of hydrogen-bond donors (Lipinski definition) is 1. The third kappa shape index (κ3) is 3.06. The summed E-state index contributed by atoms with van der Waals surface area (Å²) in [6, 6.07) is 13.0. The lowest BCUT2D eigenvalue weighted by molar-refractivity contribution is -0.115. The molecule has 0 fully saturated rings. The van der Waals surface area contributed by atoms with Crippen molar-refractivity contribution in [2.45, 2.75) is 6.42 Å². The molecule has 3 rings (SSSR count). The molecule has 0 unspecified atom stereocenters. The Bertz CT molecular complexity index is 793. The summed E-state index contributed by atoms with van der Waals surface area (Å²) in [6.45, 7) is 0. The number of amides is 1. The second-order valence-electron chi connectivity index (χ2n) is 4.91. The minimum atomic E-state index is -0.0624. The van der Waals surface area contributed by atoms with Gasteiger partial charge in [0.2, 0.25) is 5.91 Å². The second kappa shape index (κ2) is 5.58. The molecule has 0 aliphatic heterocycles. The van der Waals surface area contributed by atoms with E-state index in [1.54, 1.807) is 18.5 Å². The predicted octanol–water partition coefficient (Wildman–Crippen LogP) is 3.41. The Kier molecular flexibility index (Phi) is 3.62. The monoisotopic (exact) mass is 299 g/mol. The highest BCUT2D eigenvalue weighted by Crippen LogP contribution is 2.18. The van der Waals surface area contributed by atoms with Gasteiger partial charge in [-0.2, -0.15) is 0 Å². The lowest BCUT2D eigenvalue weighted by Gasteiger charge is -2.06. The molecule has 0 atom stereocenters. The number of benzene rings is 2. The fourth-order valence-corrected chi connectivity index (χ4v) is 2.33. The quantitative estimate of drug-likeness (QED) is 0.805. The summed E-state index contributed by atoms with van der Waals surface area (Å²) >= 11 is 5.83. The van der Waals surface area contributed by atoms with E-state index in [1.165, 1.54) is 0 Å². The number of halogens is 1. The lowest BCUT2D eigenvalue weighted by Crippen LogP contribution is -2.14. The van der Waals surface area contributed by atoms with Crippen molar-refractivity contribution in [3.05, 3.63) is 59.4 Å². The van der Waals surface area contributed by atoms with Crippen LogP contribution in [-0.4, -0.2) is 15.5 Å². The molecular formula is C16H14ClN3O. The normalized spacial score (nSPS) is 10.8. The molecule has 21 heavy (non-hydrogen) atoms. The van der Waals surface area contributed by atoms with Crippen molar-refractivity contribution in [1.82, 2.24) is 9.55 Å². The summed E-state index contributed by atoms with van der Waals surface area (Å²) in [5, 5.41) is 3.55. The average Bonchev–Trinajstić information content (AvgIpc) is 2.82. The molecule has 5 heteroatoms. The molecule has 0 saturated heterocycles. The van der Waals surface area contributed by atoms with Crippen LogP contribution in [-0.2, 0) is 18.3 Å². The van der Waals surface area contributed by atoms with Gasteiger partial charge in [-0.15, -0.1) is 0 Å². The fourth-order valence-electron chi connectivity index (χ4n) is 2.21. The summed E-state index contributed by atoms with van der Waals surface area (Å²) < 4.78 is 1.94. The maximum atomic E-state index is 12.0. The fraction of sp³-hybridized carbons (Fsp3) is 0.125. The predicted molar refractivity (Wildman–Crippen MR) is 84.5 cm³/mol. The molecule has 4 nitrogen and oxygen atoms in total. The number of aromatic nitrogens is 2.